The van der Waals surface area contributed by atoms with Crippen LogP contribution in [0.3, 0.4) is 0 Å². The molecule has 0 unspecified atom stereocenters. The van der Waals surface area contributed by atoms with Crippen LogP contribution in [0, 0.1) is 6.92 Å². The minimum Gasteiger partial charge on any atom is -0.462 e. The van der Waals surface area contributed by atoms with E-state index in [1.807, 2.05) is 30.0 Å². The summed E-state index contributed by atoms with van der Waals surface area (Å²) in [6.07, 6.45) is 4.99. The number of anilines is 1. The van der Waals surface area contributed by atoms with Crippen LogP contribution < -0.4 is 4.90 Å². The standard InChI is InChI=1S/C21H24N4O4/c1-13-15(12-26)4-3-5-20(13)16-8-22-21(23-9-16)25-10-17(11-25)24-29-19-6-18(7-19)28-14(2)27/h3-5,8-9,18-19,26H,6-7,10-12H2,1-2H3. The maximum Gasteiger partial charge on any atom is 0.302 e. The van der Waals surface area contributed by atoms with Gasteiger partial charge in [-0.25, -0.2) is 9.97 Å². The molecule has 29 heavy (non-hydrogen) atoms. The molecular formula is C21H24N4O4. The van der Waals surface area contributed by atoms with Crippen LogP contribution in [0.2, 0.25) is 0 Å². The fraction of sp³-hybridized carbons (Fsp3) is 0.429. The van der Waals surface area contributed by atoms with Crippen LogP contribution in [0.15, 0.2) is 35.7 Å². The number of ether oxygens (including phenoxy) is 1. The Morgan fingerprint density at radius 1 is 1.24 bits per heavy atom. The topological polar surface area (TPSA) is 97.1 Å². The van der Waals surface area contributed by atoms with Crippen molar-refractivity contribution in [2.24, 2.45) is 5.16 Å². The van der Waals surface area contributed by atoms with Gasteiger partial charge in [-0.05, 0) is 23.6 Å². The van der Waals surface area contributed by atoms with Crippen LogP contribution in [0.1, 0.15) is 30.9 Å². The Balaban J connectivity index is 1.29. The summed E-state index contributed by atoms with van der Waals surface area (Å²) in [7, 11) is 0. The van der Waals surface area contributed by atoms with Gasteiger partial charge in [-0.3, -0.25) is 4.79 Å². The molecule has 2 aromatic rings. The first-order valence-electron chi connectivity index (χ1n) is 9.69. The molecule has 0 radical (unpaired) electrons. The minimum atomic E-state index is -0.253. The highest BCUT2D eigenvalue weighted by molar-refractivity contribution is 5.98. The monoisotopic (exact) mass is 396 g/mol. The summed E-state index contributed by atoms with van der Waals surface area (Å²) in [5.41, 5.74) is 4.83. The second-order valence-electron chi connectivity index (χ2n) is 7.46. The van der Waals surface area contributed by atoms with Gasteiger partial charge in [0.1, 0.15) is 12.2 Å². The van der Waals surface area contributed by atoms with E-state index in [1.165, 1.54) is 6.92 Å². The number of nitrogens with zero attached hydrogens (tertiary/aromatic N) is 4. The number of aromatic nitrogens is 2. The van der Waals surface area contributed by atoms with E-state index in [4.69, 9.17) is 9.57 Å². The highest BCUT2D eigenvalue weighted by atomic mass is 16.6. The minimum absolute atomic E-state index is 0.0157. The SMILES string of the molecule is CC(=O)OC1CC(ON=C2CN(c3ncc(-c4cccc(CO)c4C)cn3)C2)C1. The van der Waals surface area contributed by atoms with Crippen LogP contribution in [-0.2, 0) is 21.0 Å². The quantitative estimate of drug-likeness (QED) is 0.591. The predicted molar refractivity (Wildman–Crippen MR) is 107 cm³/mol. The molecule has 1 aliphatic carbocycles. The highest BCUT2D eigenvalue weighted by Gasteiger charge is 2.34. The first-order valence-corrected chi connectivity index (χ1v) is 9.69. The molecule has 1 aromatic carbocycles. The fourth-order valence-electron chi connectivity index (χ4n) is 3.47. The van der Waals surface area contributed by atoms with Crippen molar-refractivity contribution in [2.75, 3.05) is 18.0 Å². The van der Waals surface area contributed by atoms with Crippen molar-refractivity contribution in [3.63, 3.8) is 0 Å². The largest absolute Gasteiger partial charge is 0.462 e. The number of oxime groups is 1. The lowest BCUT2D eigenvalue weighted by atomic mass is 9.92. The van der Waals surface area contributed by atoms with Crippen molar-refractivity contribution in [2.45, 2.75) is 45.5 Å². The number of carbonyl (C=O) groups is 1. The predicted octanol–water partition coefficient (Wildman–Crippen LogP) is 2.23. The molecule has 0 atom stereocenters. The first-order chi connectivity index (χ1) is 14.0. The number of hydrogen-bond acceptors (Lipinski definition) is 8. The molecule has 1 aliphatic heterocycles. The van der Waals surface area contributed by atoms with Gasteiger partial charge in [0.25, 0.3) is 0 Å². The van der Waals surface area contributed by atoms with Crippen molar-refractivity contribution in [3.05, 3.63) is 41.7 Å². The van der Waals surface area contributed by atoms with Crippen LogP contribution in [0.25, 0.3) is 11.1 Å². The Morgan fingerprint density at radius 3 is 2.62 bits per heavy atom. The number of rotatable bonds is 6. The van der Waals surface area contributed by atoms with E-state index < -0.39 is 0 Å². The fourth-order valence-corrected chi connectivity index (χ4v) is 3.47. The molecule has 1 aromatic heterocycles. The highest BCUT2D eigenvalue weighted by Crippen LogP contribution is 2.28. The van der Waals surface area contributed by atoms with Crippen molar-refractivity contribution in [3.8, 4) is 11.1 Å². The number of esters is 1. The Bertz CT molecular complexity index is 915. The van der Waals surface area contributed by atoms with E-state index in [0.29, 0.717) is 31.9 Å². The summed E-state index contributed by atoms with van der Waals surface area (Å²) in [4.78, 5) is 27.3. The number of aliphatic hydroxyl groups is 1. The molecule has 0 spiro atoms. The van der Waals surface area contributed by atoms with Gasteiger partial charge in [0.05, 0.1) is 25.4 Å². The Morgan fingerprint density at radius 2 is 1.97 bits per heavy atom. The second kappa shape index (κ2) is 8.16. The van der Waals surface area contributed by atoms with Crippen molar-refractivity contribution < 1.29 is 19.5 Å². The zero-order valence-electron chi connectivity index (χ0n) is 16.5. The Kier molecular flexibility index (Phi) is 5.44. The number of carbonyl (C=O) groups excluding carboxylic acids is 1. The molecule has 152 valence electrons. The number of hydrogen-bond donors (Lipinski definition) is 1. The molecule has 0 bridgehead atoms. The molecular weight excluding hydrogens is 372 g/mol. The number of aliphatic hydroxyl groups excluding tert-OH is 1. The van der Waals surface area contributed by atoms with Crippen LogP contribution >= 0.6 is 0 Å². The van der Waals surface area contributed by atoms with Gasteiger partial charge in [0, 0.05) is 37.7 Å². The van der Waals surface area contributed by atoms with E-state index in [0.717, 1.165) is 28.0 Å². The van der Waals surface area contributed by atoms with E-state index in [9.17, 15) is 9.90 Å². The number of benzene rings is 1. The van der Waals surface area contributed by atoms with Gasteiger partial charge in [-0.1, -0.05) is 23.4 Å². The Labute approximate surface area is 169 Å². The van der Waals surface area contributed by atoms with E-state index in [2.05, 4.69) is 15.1 Å². The van der Waals surface area contributed by atoms with Gasteiger partial charge < -0.3 is 19.6 Å². The zero-order valence-corrected chi connectivity index (χ0v) is 16.5. The first kappa shape index (κ1) is 19.3. The molecule has 1 N–H and O–H groups in total. The van der Waals surface area contributed by atoms with E-state index in [1.54, 1.807) is 12.4 Å². The molecule has 0 amide bonds. The van der Waals surface area contributed by atoms with Gasteiger partial charge >= 0.3 is 5.97 Å². The van der Waals surface area contributed by atoms with Crippen molar-refractivity contribution in [1.82, 2.24) is 9.97 Å². The summed E-state index contributed by atoms with van der Waals surface area (Å²) < 4.78 is 5.10. The van der Waals surface area contributed by atoms with E-state index >= 15 is 0 Å². The average molecular weight is 396 g/mol. The summed E-state index contributed by atoms with van der Waals surface area (Å²) in [6, 6.07) is 5.85. The lowest BCUT2D eigenvalue weighted by Gasteiger charge is -2.35. The summed E-state index contributed by atoms with van der Waals surface area (Å²) in [5, 5.41) is 13.6. The summed E-state index contributed by atoms with van der Waals surface area (Å²) >= 11 is 0. The van der Waals surface area contributed by atoms with Gasteiger partial charge in [-0.15, -0.1) is 0 Å². The lowest BCUT2D eigenvalue weighted by molar-refractivity contribution is -0.159. The normalized spacial score (nSPS) is 20.5. The third kappa shape index (κ3) is 4.22. The molecule has 1 saturated heterocycles. The van der Waals surface area contributed by atoms with Crippen molar-refractivity contribution in [1.29, 1.82) is 0 Å². The van der Waals surface area contributed by atoms with Crippen LogP contribution in [0.5, 0.6) is 0 Å². The van der Waals surface area contributed by atoms with Gasteiger partial charge in [-0.2, -0.15) is 0 Å². The smallest absolute Gasteiger partial charge is 0.302 e. The second-order valence-corrected chi connectivity index (χ2v) is 7.46. The Hall–Kier alpha value is -3.00. The third-order valence-electron chi connectivity index (χ3n) is 5.31. The maximum atomic E-state index is 10.9. The molecule has 2 heterocycles. The van der Waals surface area contributed by atoms with Gasteiger partial charge in [0.2, 0.25) is 5.95 Å². The maximum absolute atomic E-state index is 10.9. The zero-order chi connectivity index (χ0) is 20.4. The summed E-state index contributed by atoms with van der Waals surface area (Å²) in [6.45, 7) is 4.70. The molecule has 2 aliphatic rings. The van der Waals surface area contributed by atoms with Crippen molar-refractivity contribution >= 4 is 17.6 Å². The average Bonchev–Trinajstić information content (AvgIpc) is 2.65. The molecule has 2 fully saturated rings. The van der Waals surface area contributed by atoms with Crippen LogP contribution in [-0.4, -0.2) is 52.1 Å². The van der Waals surface area contributed by atoms with E-state index in [-0.39, 0.29) is 24.8 Å². The van der Waals surface area contributed by atoms with Crippen LogP contribution in [0.4, 0.5) is 5.95 Å². The lowest BCUT2D eigenvalue weighted by Crippen LogP contribution is -2.49. The molecule has 1 saturated carbocycles. The molecule has 8 heteroatoms. The third-order valence-corrected chi connectivity index (χ3v) is 5.31. The van der Waals surface area contributed by atoms with Gasteiger partial charge in [0.15, 0.2) is 0 Å². The molecule has 4 rings (SSSR count). The summed E-state index contributed by atoms with van der Waals surface area (Å²) in [5.74, 6) is 0.402. The molecule has 8 nitrogen and oxygen atoms in total.